The van der Waals surface area contributed by atoms with Gasteiger partial charge in [-0.2, -0.15) is 0 Å². The number of para-hydroxylation sites is 2. The van der Waals surface area contributed by atoms with Gasteiger partial charge in [-0.1, -0.05) is 36.4 Å². The highest BCUT2D eigenvalue weighted by molar-refractivity contribution is 7.91. The molecule has 0 amide bonds. The van der Waals surface area contributed by atoms with Gasteiger partial charge in [-0.25, -0.2) is 22.8 Å². The van der Waals surface area contributed by atoms with E-state index in [1.807, 2.05) is 66.7 Å². The van der Waals surface area contributed by atoms with Crippen LogP contribution in [-0.2, 0) is 16.3 Å². The van der Waals surface area contributed by atoms with Gasteiger partial charge >= 0.3 is 0 Å². The number of rotatable bonds is 6. The van der Waals surface area contributed by atoms with Crippen LogP contribution < -0.4 is 0 Å². The molecular weight excluding hydrogens is 521 g/mol. The zero-order chi connectivity index (χ0) is 27.9. The SMILES string of the molecule is CC(Cc1cc(-c2cccc(-c3nc4ccccc4nc3-c3ccc(F)cc3)c2)c2ncccc2c1)S(C)(=O)=O. The van der Waals surface area contributed by atoms with Crippen LogP contribution in [0.5, 0.6) is 0 Å². The number of aromatic nitrogens is 3. The van der Waals surface area contributed by atoms with Gasteiger partial charge < -0.3 is 0 Å². The smallest absolute Gasteiger partial charge is 0.150 e. The molecule has 5 nitrogen and oxygen atoms in total. The van der Waals surface area contributed by atoms with E-state index < -0.39 is 15.1 Å². The molecule has 2 heterocycles. The maximum atomic E-state index is 13.7. The van der Waals surface area contributed by atoms with Crippen molar-refractivity contribution in [3.63, 3.8) is 0 Å². The van der Waals surface area contributed by atoms with Gasteiger partial charge in [-0.15, -0.1) is 0 Å². The normalized spacial score (nSPS) is 12.6. The van der Waals surface area contributed by atoms with E-state index in [0.29, 0.717) is 17.8 Å². The second kappa shape index (κ2) is 10.2. The van der Waals surface area contributed by atoms with E-state index in [4.69, 9.17) is 9.97 Å². The second-order valence-electron chi connectivity index (χ2n) is 10.1. The summed E-state index contributed by atoms with van der Waals surface area (Å²) >= 11 is 0. The Morgan fingerprint density at radius 3 is 2.12 bits per heavy atom. The zero-order valence-electron chi connectivity index (χ0n) is 22.0. The summed E-state index contributed by atoms with van der Waals surface area (Å²) in [5.41, 5.74) is 8.08. The first-order valence-corrected chi connectivity index (χ1v) is 14.9. The summed E-state index contributed by atoms with van der Waals surface area (Å²) in [7, 11) is -3.18. The Morgan fingerprint density at radius 1 is 0.750 bits per heavy atom. The predicted octanol–water partition coefficient (Wildman–Crippen LogP) is 7.29. The molecule has 198 valence electrons. The van der Waals surface area contributed by atoms with E-state index in [1.54, 1.807) is 25.3 Å². The number of pyridine rings is 1. The summed E-state index contributed by atoms with van der Waals surface area (Å²) in [5.74, 6) is -0.314. The van der Waals surface area contributed by atoms with Crippen molar-refractivity contribution in [2.75, 3.05) is 6.26 Å². The zero-order valence-corrected chi connectivity index (χ0v) is 22.9. The van der Waals surface area contributed by atoms with Gasteiger partial charge in [0.25, 0.3) is 0 Å². The first kappa shape index (κ1) is 25.8. The highest BCUT2D eigenvalue weighted by Gasteiger charge is 2.18. The fourth-order valence-electron chi connectivity index (χ4n) is 4.92. The van der Waals surface area contributed by atoms with Gasteiger partial charge in [0.1, 0.15) is 15.7 Å². The Morgan fingerprint density at radius 2 is 1.43 bits per heavy atom. The van der Waals surface area contributed by atoms with E-state index >= 15 is 0 Å². The summed E-state index contributed by atoms with van der Waals surface area (Å²) in [6, 6.07) is 29.9. The van der Waals surface area contributed by atoms with Gasteiger partial charge in [-0.05, 0) is 85.1 Å². The van der Waals surface area contributed by atoms with Gasteiger partial charge in [0, 0.05) is 34.5 Å². The molecule has 7 heteroatoms. The largest absolute Gasteiger partial charge is 0.256 e. The highest BCUT2D eigenvalue weighted by Crippen LogP contribution is 2.35. The molecule has 0 aliphatic carbocycles. The molecule has 6 rings (SSSR count). The second-order valence-corrected chi connectivity index (χ2v) is 12.5. The highest BCUT2D eigenvalue weighted by atomic mass is 32.2. The lowest BCUT2D eigenvalue weighted by atomic mass is 9.94. The Kier molecular flexibility index (Phi) is 6.60. The summed E-state index contributed by atoms with van der Waals surface area (Å²) in [4.78, 5) is 14.6. The van der Waals surface area contributed by atoms with Gasteiger partial charge in [0.05, 0.1) is 33.2 Å². The number of halogens is 1. The molecule has 4 aromatic carbocycles. The molecule has 1 atom stereocenters. The van der Waals surface area contributed by atoms with Crippen LogP contribution >= 0.6 is 0 Å². The van der Waals surface area contributed by atoms with Crippen LogP contribution in [0.1, 0.15) is 12.5 Å². The summed E-state index contributed by atoms with van der Waals surface area (Å²) < 4.78 is 38.1. The first-order chi connectivity index (χ1) is 19.3. The molecule has 0 saturated heterocycles. The number of fused-ring (bicyclic) bond motifs is 2. The minimum Gasteiger partial charge on any atom is -0.256 e. The van der Waals surface area contributed by atoms with Crippen LogP contribution in [0.25, 0.3) is 55.6 Å². The first-order valence-electron chi connectivity index (χ1n) is 13.0. The third kappa shape index (κ3) is 5.08. The van der Waals surface area contributed by atoms with Crippen LogP contribution in [0.4, 0.5) is 4.39 Å². The van der Waals surface area contributed by atoms with E-state index in [-0.39, 0.29) is 5.82 Å². The third-order valence-corrected chi connectivity index (χ3v) is 8.78. The molecule has 0 saturated carbocycles. The van der Waals surface area contributed by atoms with Gasteiger partial charge in [0.2, 0.25) is 0 Å². The van der Waals surface area contributed by atoms with Crippen molar-refractivity contribution in [1.29, 1.82) is 0 Å². The quantitative estimate of drug-likeness (QED) is 0.219. The third-order valence-electron chi connectivity index (χ3n) is 7.15. The van der Waals surface area contributed by atoms with Crippen LogP contribution in [0, 0.1) is 5.82 Å². The van der Waals surface area contributed by atoms with Crippen molar-refractivity contribution in [1.82, 2.24) is 15.0 Å². The Bertz CT molecular complexity index is 1990. The summed E-state index contributed by atoms with van der Waals surface area (Å²) in [6.07, 6.45) is 3.44. The minimum absolute atomic E-state index is 0.314. The predicted molar refractivity (Wildman–Crippen MR) is 159 cm³/mol. The van der Waals surface area contributed by atoms with Crippen molar-refractivity contribution in [3.05, 3.63) is 115 Å². The maximum absolute atomic E-state index is 13.7. The lowest BCUT2D eigenvalue weighted by Crippen LogP contribution is -2.18. The van der Waals surface area contributed by atoms with E-state index in [2.05, 4.69) is 11.1 Å². The van der Waals surface area contributed by atoms with Gasteiger partial charge in [0.15, 0.2) is 0 Å². The number of hydrogen-bond acceptors (Lipinski definition) is 5. The number of nitrogens with zero attached hydrogens (tertiary/aromatic N) is 3. The molecule has 0 aliphatic rings. The minimum atomic E-state index is -3.18. The lowest BCUT2D eigenvalue weighted by molar-refractivity contribution is 0.588. The molecule has 0 fully saturated rings. The summed E-state index contributed by atoms with van der Waals surface area (Å²) in [6.45, 7) is 1.73. The van der Waals surface area contributed by atoms with Crippen molar-refractivity contribution in [3.8, 4) is 33.6 Å². The Labute approximate surface area is 232 Å². The van der Waals surface area contributed by atoms with E-state index in [0.717, 1.165) is 49.8 Å². The van der Waals surface area contributed by atoms with Gasteiger partial charge in [-0.3, -0.25) is 4.98 Å². The molecule has 0 N–H and O–H groups in total. The fourth-order valence-corrected chi connectivity index (χ4v) is 5.42. The van der Waals surface area contributed by atoms with Crippen molar-refractivity contribution in [2.24, 2.45) is 0 Å². The molecule has 0 spiro atoms. The molecule has 1 unspecified atom stereocenters. The standard InChI is InChI=1S/C33H26FN3O2S/c1-21(40(2,38)39)17-22-18-25-9-6-16-35-31(25)28(19-22)24-7-5-8-26(20-24)33-32(23-12-14-27(34)15-13-23)36-29-10-3-4-11-30(29)37-33/h3-16,18-21H,17H2,1-2H3. The maximum Gasteiger partial charge on any atom is 0.150 e. The van der Waals surface area contributed by atoms with Crippen LogP contribution in [-0.4, -0.2) is 34.9 Å². The molecule has 0 radical (unpaired) electrons. The topological polar surface area (TPSA) is 72.8 Å². The lowest BCUT2D eigenvalue weighted by Gasteiger charge is -2.15. The molecule has 0 aliphatic heterocycles. The number of sulfone groups is 1. The van der Waals surface area contributed by atoms with Crippen molar-refractivity contribution >= 4 is 31.8 Å². The van der Waals surface area contributed by atoms with Crippen molar-refractivity contribution < 1.29 is 12.8 Å². The Balaban J connectivity index is 1.53. The fraction of sp³-hybridized carbons (Fsp3) is 0.121. The number of hydrogen-bond donors (Lipinski definition) is 0. The number of benzene rings is 4. The molecule has 40 heavy (non-hydrogen) atoms. The van der Waals surface area contributed by atoms with E-state index in [9.17, 15) is 12.8 Å². The molecule has 6 aromatic rings. The van der Waals surface area contributed by atoms with E-state index in [1.165, 1.54) is 18.4 Å². The molecule has 0 bridgehead atoms. The van der Waals surface area contributed by atoms with Crippen molar-refractivity contribution in [2.45, 2.75) is 18.6 Å². The average Bonchev–Trinajstić information content (AvgIpc) is 2.96. The van der Waals surface area contributed by atoms with Crippen LogP contribution in [0.15, 0.2) is 103 Å². The molecular formula is C33H26FN3O2S. The average molecular weight is 548 g/mol. The van der Waals surface area contributed by atoms with Crippen LogP contribution in [0.3, 0.4) is 0 Å². The monoisotopic (exact) mass is 547 g/mol. The summed E-state index contributed by atoms with van der Waals surface area (Å²) in [5, 5.41) is 0.436. The Hall–Kier alpha value is -4.49. The van der Waals surface area contributed by atoms with Crippen LogP contribution in [0.2, 0.25) is 0 Å². The molecule has 2 aromatic heterocycles.